The molecule has 2 aliphatic rings. The number of aliphatic hydroxyl groups excluding tert-OH is 2. The van der Waals surface area contributed by atoms with Crippen molar-refractivity contribution >= 4 is 29.4 Å². The van der Waals surface area contributed by atoms with Crippen LogP contribution in [0.25, 0.3) is 6.08 Å². The predicted molar refractivity (Wildman–Crippen MR) is 125 cm³/mol. The van der Waals surface area contributed by atoms with E-state index in [4.69, 9.17) is 25.5 Å². The van der Waals surface area contributed by atoms with Crippen molar-refractivity contribution in [1.29, 1.82) is 0 Å². The van der Waals surface area contributed by atoms with Gasteiger partial charge in [-0.1, -0.05) is 32.4 Å². The number of nitrogens with zero attached hydrogens (tertiary/aromatic N) is 1. The lowest BCUT2D eigenvalue weighted by Crippen LogP contribution is -2.48. The third-order valence-corrected chi connectivity index (χ3v) is 7.40. The minimum Gasteiger partial charge on any atom is -0.449 e. The van der Waals surface area contributed by atoms with Crippen LogP contribution in [0.2, 0.25) is 0 Å². The van der Waals surface area contributed by atoms with Gasteiger partial charge in [-0.3, -0.25) is 9.59 Å². The van der Waals surface area contributed by atoms with Crippen LogP contribution in [-0.2, 0) is 19.1 Å². The minimum absolute atomic E-state index is 0.0298. The molecule has 2 aliphatic heterocycles. The molecule has 196 valence electrons. The van der Waals surface area contributed by atoms with Crippen LogP contribution >= 0.6 is 11.6 Å². The molecule has 3 N–H and O–H groups in total. The summed E-state index contributed by atoms with van der Waals surface area (Å²) < 4.78 is 31.6. The highest BCUT2D eigenvalue weighted by molar-refractivity contribution is 6.25. The molecule has 35 heavy (non-hydrogen) atoms. The predicted octanol–water partition coefficient (Wildman–Crippen LogP) is 2.65. The van der Waals surface area contributed by atoms with Crippen LogP contribution in [-0.4, -0.2) is 69.0 Å². The van der Waals surface area contributed by atoms with Crippen LogP contribution in [0.5, 0.6) is 0 Å². The van der Waals surface area contributed by atoms with E-state index in [9.17, 15) is 19.8 Å². The number of carbonyl (C=O) groups is 2. The van der Waals surface area contributed by atoms with E-state index in [-0.39, 0.29) is 25.1 Å². The maximum atomic E-state index is 15.2. The Morgan fingerprint density at radius 3 is 2.63 bits per heavy atom. The summed E-state index contributed by atoms with van der Waals surface area (Å²) in [5.41, 5.74) is -1.10. The normalized spacial score (nSPS) is 37.5. The first-order chi connectivity index (χ1) is 16.2. The average molecular weight is 517 g/mol. The lowest BCUT2D eigenvalue weighted by molar-refractivity contribution is -0.146. The fraction of sp³-hybridized carbons (Fsp3) is 0.708. The van der Waals surface area contributed by atoms with Crippen LogP contribution in [0.4, 0.5) is 4.39 Å². The molecule has 1 aromatic rings. The molecule has 0 unspecified atom stereocenters. The fourth-order valence-corrected chi connectivity index (χ4v) is 4.54. The number of ether oxygens (including phenoxy) is 2. The maximum absolute atomic E-state index is 15.2. The molecule has 0 bridgehead atoms. The Hall–Kier alpha value is -1.85. The van der Waals surface area contributed by atoms with Gasteiger partial charge in [0.15, 0.2) is 11.0 Å². The lowest BCUT2D eigenvalue weighted by Gasteiger charge is -2.34. The Kier molecular flexibility index (Phi) is 8.43. The zero-order valence-electron chi connectivity index (χ0n) is 20.6. The number of amides is 1. The van der Waals surface area contributed by atoms with E-state index in [1.54, 1.807) is 20.8 Å². The molecular weight excluding hydrogens is 483 g/mol. The van der Waals surface area contributed by atoms with Gasteiger partial charge in [0.25, 0.3) is 0 Å². The molecule has 0 radical (unpaired) electrons. The zero-order valence-corrected chi connectivity index (χ0v) is 21.3. The number of aliphatic hydroxyl groups is 2. The molecule has 0 saturated carbocycles. The largest absolute Gasteiger partial charge is 0.449 e. The molecule has 1 amide bonds. The van der Waals surface area contributed by atoms with Gasteiger partial charge in [-0.05, 0) is 6.92 Å². The van der Waals surface area contributed by atoms with E-state index >= 15 is 4.39 Å². The van der Waals surface area contributed by atoms with Crippen molar-refractivity contribution in [2.45, 2.75) is 89.4 Å². The van der Waals surface area contributed by atoms with E-state index in [0.29, 0.717) is 5.89 Å². The van der Waals surface area contributed by atoms with Crippen LogP contribution in [0.3, 0.4) is 0 Å². The molecule has 0 aliphatic carbocycles. The van der Waals surface area contributed by atoms with E-state index in [1.807, 2.05) is 0 Å². The van der Waals surface area contributed by atoms with Crippen LogP contribution < -0.4 is 5.32 Å². The van der Waals surface area contributed by atoms with E-state index in [0.717, 1.165) is 6.08 Å². The van der Waals surface area contributed by atoms with Gasteiger partial charge >= 0.3 is 0 Å². The number of alkyl halides is 1. The number of Topliss-reactive ketones (excluding diaryl/α,β-unsaturated/α-hetero) is 1. The highest BCUT2D eigenvalue weighted by Gasteiger charge is 2.56. The number of halogens is 2. The number of hydrogen-bond acceptors (Lipinski definition) is 8. The molecule has 11 heteroatoms. The first kappa shape index (κ1) is 27.7. The smallest absolute Gasteiger partial charge is 0.223 e. The van der Waals surface area contributed by atoms with Crippen molar-refractivity contribution in [3.05, 3.63) is 23.7 Å². The summed E-state index contributed by atoms with van der Waals surface area (Å²) in [5.74, 6) is -2.26. The number of ketones is 1. The standard InChI is InChI=1S/C24H34ClFN2O7/c1-12-21(31)13(2)33-7-6-24(25)19(35-24)9-17(16(26)8-15-11-34-14(3)27-15)28-20(30)10-18(29)23(4,5)22(12)32/h8,11-13,17-19,21,29,31H,6-7,9-10H2,1-5H3,(H,28,30)/t12-,13+,17+,18+,19+,21+,24-/m1/s1. The molecule has 9 nitrogen and oxygen atoms in total. The molecule has 2 saturated heterocycles. The van der Waals surface area contributed by atoms with Crippen molar-refractivity contribution in [3.63, 3.8) is 0 Å². The van der Waals surface area contributed by atoms with Crippen molar-refractivity contribution < 1.29 is 38.1 Å². The second-order valence-electron chi connectivity index (χ2n) is 9.98. The maximum Gasteiger partial charge on any atom is 0.223 e. The first-order valence-corrected chi connectivity index (χ1v) is 12.1. The second-order valence-corrected chi connectivity index (χ2v) is 10.6. The van der Waals surface area contributed by atoms with Gasteiger partial charge in [0, 0.05) is 31.8 Å². The summed E-state index contributed by atoms with van der Waals surface area (Å²) in [4.78, 5) is 29.9. The molecule has 7 atom stereocenters. The topological polar surface area (TPSA) is 134 Å². The number of aryl methyl sites for hydroxylation is 1. The minimum atomic E-state index is -1.37. The van der Waals surface area contributed by atoms with Gasteiger partial charge in [0.05, 0.1) is 42.8 Å². The summed E-state index contributed by atoms with van der Waals surface area (Å²) in [6.45, 7) is 7.97. The third-order valence-electron chi connectivity index (χ3n) is 6.88. The third kappa shape index (κ3) is 6.48. The molecule has 3 heterocycles. The van der Waals surface area contributed by atoms with Crippen molar-refractivity contribution in [3.8, 4) is 0 Å². The van der Waals surface area contributed by atoms with Crippen molar-refractivity contribution in [2.24, 2.45) is 11.3 Å². The van der Waals surface area contributed by atoms with Crippen LogP contribution in [0.1, 0.15) is 58.5 Å². The van der Waals surface area contributed by atoms with Crippen molar-refractivity contribution in [1.82, 2.24) is 10.3 Å². The molecular formula is C24H34ClFN2O7. The summed E-state index contributed by atoms with van der Waals surface area (Å²) in [7, 11) is 0. The van der Waals surface area contributed by atoms with Crippen LogP contribution in [0, 0.1) is 18.3 Å². The van der Waals surface area contributed by atoms with Crippen molar-refractivity contribution in [2.75, 3.05) is 6.61 Å². The number of hydrogen-bond donors (Lipinski definition) is 3. The first-order valence-electron chi connectivity index (χ1n) is 11.7. The second kappa shape index (κ2) is 10.6. The number of nitrogens with one attached hydrogen (secondary N) is 1. The van der Waals surface area contributed by atoms with Gasteiger partial charge in [0.2, 0.25) is 5.91 Å². The monoisotopic (exact) mass is 516 g/mol. The summed E-state index contributed by atoms with van der Waals surface area (Å²) in [6.07, 6.45) is -1.46. The number of carbonyl (C=O) groups excluding carboxylic acids is 2. The average Bonchev–Trinajstić information content (AvgIpc) is 3.22. The van der Waals surface area contributed by atoms with E-state index < -0.39 is 70.8 Å². The SMILES string of the molecule is Cc1nc(C=C(F)[C@@H]2C[C@@H]3O[C@]3(Cl)CCO[C@@H](C)[C@@H](O)[C@@H](C)C(=O)C(C)(C)[C@@H](O)CC(=O)N2)co1. The molecule has 3 rings (SSSR count). The van der Waals surface area contributed by atoms with E-state index in [1.165, 1.54) is 20.1 Å². The molecule has 0 aromatic carbocycles. The lowest BCUT2D eigenvalue weighted by atomic mass is 9.74. The highest BCUT2D eigenvalue weighted by Crippen LogP contribution is 2.47. The number of epoxide rings is 1. The Balaban J connectivity index is 1.85. The van der Waals surface area contributed by atoms with Gasteiger partial charge < -0.3 is 29.4 Å². The Bertz CT molecular complexity index is 967. The molecule has 2 fully saturated rings. The number of aromatic nitrogens is 1. The zero-order chi connectivity index (χ0) is 26.1. The Morgan fingerprint density at radius 2 is 2.00 bits per heavy atom. The number of fused-ring (bicyclic) bond motifs is 1. The Morgan fingerprint density at radius 1 is 1.31 bits per heavy atom. The van der Waals surface area contributed by atoms with Gasteiger partial charge in [0.1, 0.15) is 29.7 Å². The summed E-state index contributed by atoms with van der Waals surface area (Å²) in [6, 6.07) is -1.11. The highest BCUT2D eigenvalue weighted by atomic mass is 35.5. The summed E-state index contributed by atoms with van der Waals surface area (Å²) >= 11 is 6.50. The van der Waals surface area contributed by atoms with Crippen LogP contribution in [0.15, 0.2) is 16.5 Å². The molecule has 1 aromatic heterocycles. The number of oxazole rings is 1. The van der Waals surface area contributed by atoms with Gasteiger partial charge in [-0.2, -0.15) is 0 Å². The van der Waals surface area contributed by atoms with Gasteiger partial charge in [-0.15, -0.1) is 0 Å². The fourth-order valence-electron chi connectivity index (χ4n) is 4.27. The molecule has 0 spiro atoms. The Labute approximate surface area is 209 Å². The number of rotatable bonds is 2. The van der Waals surface area contributed by atoms with Gasteiger partial charge in [-0.25, -0.2) is 9.37 Å². The van der Waals surface area contributed by atoms with E-state index in [2.05, 4.69) is 10.3 Å². The quantitative estimate of drug-likeness (QED) is 0.403. The summed E-state index contributed by atoms with van der Waals surface area (Å²) in [5, 5.41) is 22.9.